The van der Waals surface area contributed by atoms with Gasteiger partial charge in [0.2, 0.25) is 0 Å². The van der Waals surface area contributed by atoms with E-state index in [0.29, 0.717) is 0 Å². The van der Waals surface area contributed by atoms with Crippen molar-refractivity contribution in [2.24, 2.45) is 5.92 Å². The van der Waals surface area contributed by atoms with Crippen molar-refractivity contribution in [3.63, 3.8) is 0 Å². The molecule has 0 amide bonds. The summed E-state index contributed by atoms with van der Waals surface area (Å²) >= 11 is 0. The molecule has 14 heavy (non-hydrogen) atoms. The molecule has 1 atom stereocenters. The Morgan fingerprint density at radius 2 is 1.86 bits per heavy atom. The van der Waals surface area contributed by atoms with Gasteiger partial charge in [-0.05, 0) is 31.2 Å². The smallest absolute Gasteiger partial charge is 0.340 e. The molecule has 1 aliphatic carbocycles. The molecule has 0 N–H and O–H groups in total. The van der Waals surface area contributed by atoms with Gasteiger partial charge in [-0.1, -0.05) is 20.3 Å². The van der Waals surface area contributed by atoms with Crippen molar-refractivity contribution in [3.05, 3.63) is 0 Å². The predicted octanol–water partition coefficient (Wildman–Crippen LogP) is 3.32. The largest absolute Gasteiger partial charge is 0.397 e. The Hall–Kier alpha value is 0.137. The zero-order valence-electron chi connectivity index (χ0n) is 10.0. The van der Waals surface area contributed by atoms with E-state index < -0.39 is 8.56 Å². The fourth-order valence-electron chi connectivity index (χ4n) is 2.00. The lowest BCUT2D eigenvalue weighted by Crippen LogP contribution is -2.40. The van der Waals surface area contributed by atoms with Gasteiger partial charge >= 0.3 is 8.56 Å². The van der Waals surface area contributed by atoms with Crippen LogP contribution in [0.1, 0.15) is 39.5 Å². The maximum atomic E-state index is 5.72. The lowest BCUT2D eigenvalue weighted by atomic mass is 10.1. The van der Waals surface area contributed by atoms with E-state index in [4.69, 9.17) is 8.85 Å². The third-order valence-corrected chi connectivity index (χ3v) is 7.76. The van der Waals surface area contributed by atoms with Crippen molar-refractivity contribution in [2.45, 2.75) is 51.1 Å². The van der Waals surface area contributed by atoms with Crippen molar-refractivity contribution < 1.29 is 8.85 Å². The summed E-state index contributed by atoms with van der Waals surface area (Å²) < 4.78 is 11.4. The third-order valence-electron chi connectivity index (χ3n) is 3.57. The maximum absolute atomic E-state index is 5.72. The van der Waals surface area contributed by atoms with Gasteiger partial charge in [0.15, 0.2) is 0 Å². The van der Waals surface area contributed by atoms with Crippen LogP contribution in [0.4, 0.5) is 0 Å². The van der Waals surface area contributed by atoms with Gasteiger partial charge < -0.3 is 8.85 Å². The van der Waals surface area contributed by atoms with Gasteiger partial charge in [0, 0.05) is 19.8 Å². The van der Waals surface area contributed by atoms with Crippen molar-refractivity contribution in [3.8, 4) is 0 Å². The molecule has 0 heterocycles. The second-order valence-electron chi connectivity index (χ2n) is 4.55. The van der Waals surface area contributed by atoms with Crippen molar-refractivity contribution in [2.75, 3.05) is 14.2 Å². The van der Waals surface area contributed by atoms with E-state index in [2.05, 4.69) is 13.8 Å². The van der Waals surface area contributed by atoms with E-state index >= 15 is 0 Å². The molecule has 0 radical (unpaired) electrons. The van der Waals surface area contributed by atoms with E-state index in [1.165, 1.54) is 31.7 Å². The van der Waals surface area contributed by atoms with Crippen LogP contribution in [0.2, 0.25) is 11.6 Å². The van der Waals surface area contributed by atoms with Crippen LogP contribution < -0.4 is 0 Å². The Morgan fingerprint density at radius 1 is 1.29 bits per heavy atom. The molecule has 84 valence electrons. The Labute approximate surface area is 89.2 Å². The summed E-state index contributed by atoms with van der Waals surface area (Å²) in [7, 11) is 1.89. The predicted molar refractivity (Wildman–Crippen MR) is 61.6 cm³/mol. The standard InChI is InChI=1S/C11H24O2Si/c1-5-10(2)8-9-14(12-3,13-4)11-6-7-11/h10-11H,5-9H2,1-4H3. The average Bonchev–Trinajstić information content (AvgIpc) is 3.04. The maximum Gasteiger partial charge on any atom is 0.340 e. The summed E-state index contributed by atoms with van der Waals surface area (Å²) in [5.41, 5.74) is 0.779. The quantitative estimate of drug-likeness (QED) is 0.608. The zero-order valence-corrected chi connectivity index (χ0v) is 11.0. The zero-order chi connectivity index (χ0) is 10.6. The molecule has 2 nitrogen and oxygen atoms in total. The van der Waals surface area contributed by atoms with Crippen LogP contribution in [0.3, 0.4) is 0 Å². The van der Waals surface area contributed by atoms with Crippen molar-refractivity contribution in [1.82, 2.24) is 0 Å². The second kappa shape index (κ2) is 5.28. The van der Waals surface area contributed by atoms with E-state index in [9.17, 15) is 0 Å². The lowest BCUT2D eigenvalue weighted by molar-refractivity contribution is 0.235. The fourth-order valence-corrected chi connectivity index (χ4v) is 5.59. The van der Waals surface area contributed by atoms with E-state index in [1.807, 2.05) is 14.2 Å². The number of hydrogen-bond donors (Lipinski definition) is 0. The van der Waals surface area contributed by atoms with Gasteiger partial charge in [-0.2, -0.15) is 0 Å². The molecule has 3 heteroatoms. The molecule has 1 rings (SSSR count). The molecular weight excluding hydrogens is 192 g/mol. The van der Waals surface area contributed by atoms with Gasteiger partial charge in [-0.3, -0.25) is 0 Å². The highest BCUT2D eigenvalue weighted by atomic mass is 28.4. The van der Waals surface area contributed by atoms with Crippen LogP contribution in [0, 0.1) is 5.92 Å². The van der Waals surface area contributed by atoms with Crippen LogP contribution >= 0.6 is 0 Å². The van der Waals surface area contributed by atoms with Gasteiger partial charge in [0.05, 0.1) is 0 Å². The summed E-state index contributed by atoms with van der Waals surface area (Å²) in [5, 5.41) is 0. The lowest BCUT2D eigenvalue weighted by Gasteiger charge is -2.28. The van der Waals surface area contributed by atoms with Crippen LogP contribution in [0.5, 0.6) is 0 Å². The molecule has 0 saturated heterocycles. The minimum Gasteiger partial charge on any atom is -0.397 e. The first-order chi connectivity index (χ1) is 6.68. The number of rotatable bonds is 7. The first-order valence-electron chi connectivity index (χ1n) is 5.78. The summed E-state index contributed by atoms with van der Waals surface area (Å²) in [6.07, 6.45) is 5.19. The summed E-state index contributed by atoms with van der Waals surface area (Å²) in [6.45, 7) is 4.57. The Kier molecular flexibility index (Phi) is 4.61. The Bertz CT molecular complexity index is 165. The normalized spacial score (nSPS) is 19.7. The Morgan fingerprint density at radius 3 is 2.21 bits per heavy atom. The van der Waals surface area contributed by atoms with Gasteiger partial charge in [0.1, 0.15) is 0 Å². The molecule has 0 aromatic heterocycles. The third kappa shape index (κ3) is 2.81. The van der Waals surface area contributed by atoms with Crippen LogP contribution in [0.15, 0.2) is 0 Å². The molecular formula is C11H24O2Si. The summed E-state index contributed by atoms with van der Waals surface area (Å²) in [4.78, 5) is 0. The molecule has 1 unspecified atom stereocenters. The van der Waals surface area contributed by atoms with Crippen LogP contribution in [-0.2, 0) is 8.85 Å². The van der Waals surface area contributed by atoms with E-state index in [0.717, 1.165) is 11.5 Å². The van der Waals surface area contributed by atoms with Crippen LogP contribution in [0.25, 0.3) is 0 Å². The van der Waals surface area contributed by atoms with Gasteiger partial charge in [-0.15, -0.1) is 0 Å². The van der Waals surface area contributed by atoms with Crippen molar-refractivity contribution >= 4 is 8.56 Å². The summed E-state index contributed by atoms with van der Waals surface area (Å²) in [5.74, 6) is 0.811. The molecule has 1 aliphatic rings. The molecule has 0 aliphatic heterocycles. The molecule has 1 fully saturated rings. The molecule has 0 spiro atoms. The van der Waals surface area contributed by atoms with Gasteiger partial charge in [-0.25, -0.2) is 0 Å². The molecule has 0 aromatic carbocycles. The SMILES string of the molecule is CCC(C)CC[Si](OC)(OC)C1CC1. The summed E-state index contributed by atoms with van der Waals surface area (Å²) in [6, 6.07) is 1.18. The first-order valence-corrected chi connectivity index (χ1v) is 7.89. The minimum absolute atomic E-state index is 0.779. The first kappa shape index (κ1) is 12.2. The topological polar surface area (TPSA) is 18.5 Å². The van der Waals surface area contributed by atoms with Crippen molar-refractivity contribution in [1.29, 1.82) is 0 Å². The van der Waals surface area contributed by atoms with E-state index in [1.54, 1.807) is 0 Å². The highest BCUT2D eigenvalue weighted by Crippen LogP contribution is 2.48. The average molecular weight is 216 g/mol. The van der Waals surface area contributed by atoms with Crippen LogP contribution in [-0.4, -0.2) is 22.8 Å². The van der Waals surface area contributed by atoms with E-state index in [-0.39, 0.29) is 0 Å². The minimum atomic E-state index is -1.79. The molecule has 0 bridgehead atoms. The second-order valence-corrected chi connectivity index (χ2v) is 8.30. The van der Waals surface area contributed by atoms with Gasteiger partial charge in [0.25, 0.3) is 0 Å². The molecule has 1 saturated carbocycles. The highest BCUT2D eigenvalue weighted by molar-refractivity contribution is 6.69. The number of hydrogen-bond acceptors (Lipinski definition) is 2. The highest BCUT2D eigenvalue weighted by Gasteiger charge is 2.50. The molecule has 0 aromatic rings. The fraction of sp³-hybridized carbons (Fsp3) is 1.00. The monoisotopic (exact) mass is 216 g/mol. The Balaban J connectivity index is 2.42.